The van der Waals surface area contributed by atoms with Gasteiger partial charge >= 0.3 is 29.6 Å². The summed E-state index contributed by atoms with van der Waals surface area (Å²) in [6.45, 7) is 1.72. The average molecular weight is 524 g/mol. The standard InChI is InChI=1S/C27H21N3O5S.Na.H/c1-15-13-21(23-24(25(15)28)27(32)19-10-6-5-9-18(19)26(23)31)30-17-11-12-20(22(14-17)36(33,34)35)29-16-7-3-2-4-8-16;;/h2-14,29-30H,28H2,1H3,(H,33,34,35);;/q;+1;-1. The fraction of sp³-hybridized carbons (Fsp3) is 0.0370. The van der Waals surface area contributed by atoms with Crippen LogP contribution in [0.25, 0.3) is 0 Å². The van der Waals surface area contributed by atoms with Crippen molar-refractivity contribution in [3.8, 4) is 0 Å². The normalized spacial score (nSPS) is 12.3. The van der Waals surface area contributed by atoms with Gasteiger partial charge in [0.1, 0.15) is 4.90 Å². The molecule has 5 N–H and O–H groups in total. The molecule has 0 unspecified atom stereocenters. The van der Waals surface area contributed by atoms with Crippen molar-refractivity contribution >= 4 is 50.1 Å². The third-order valence-corrected chi connectivity index (χ3v) is 6.93. The molecule has 0 aliphatic heterocycles. The number of carbonyl (C=O) groups is 2. The number of nitrogen functional groups attached to an aromatic ring is 1. The van der Waals surface area contributed by atoms with E-state index in [0.29, 0.717) is 16.9 Å². The van der Waals surface area contributed by atoms with Crippen molar-refractivity contribution in [1.29, 1.82) is 0 Å². The molecule has 0 atom stereocenters. The molecule has 4 aromatic carbocycles. The first-order chi connectivity index (χ1) is 17.1. The number of aryl methyl sites for hydroxylation is 1. The number of carbonyl (C=O) groups excluding carboxylic acids is 2. The van der Waals surface area contributed by atoms with Gasteiger partial charge in [0.05, 0.1) is 22.5 Å². The molecular weight excluding hydrogens is 501 g/mol. The molecule has 0 amide bonds. The van der Waals surface area contributed by atoms with E-state index in [1.165, 1.54) is 12.1 Å². The van der Waals surface area contributed by atoms with Crippen molar-refractivity contribution in [3.63, 3.8) is 0 Å². The van der Waals surface area contributed by atoms with Gasteiger partial charge in [0.2, 0.25) is 0 Å². The fourth-order valence-corrected chi connectivity index (χ4v) is 4.97. The fourth-order valence-electron chi connectivity index (χ4n) is 4.30. The summed E-state index contributed by atoms with van der Waals surface area (Å²) < 4.78 is 34.3. The van der Waals surface area contributed by atoms with E-state index < -0.39 is 10.1 Å². The summed E-state index contributed by atoms with van der Waals surface area (Å²) in [6, 6.07) is 21.4. The molecular formula is C27H22N3NaO5S. The Morgan fingerprint density at radius 2 is 1.32 bits per heavy atom. The number of fused-ring (bicyclic) bond motifs is 2. The SMILES string of the molecule is Cc1cc(Nc2ccc(Nc3ccccc3)c(S(=O)(=O)O)c2)c2c(c1N)C(=O)c1ccccc1C2=O.[H-].[Na+]. The van der Waals surface area contributed by atoms with E-state index in [0.717, 1.165) is 0 Å². The van der Waals surface area contributed by atoms with E-state index in [1.807, 2.05) is 6.07 Å². The summed E-state index contributed by atoms with van der Waals surface area (Å²) in [5.41, 5.74) is 9.18. The second-order valence-corrected chi connectivity index (χ2v) is 9.80. The number of rotatable bonds is 5. The van der Waals surface area contributed by atoms with Crippen LogP contribution in [0.15, 0.2) is 83.8 Å². The predicted octanol–water partition coefficient (Wildman–Crippen LogP) is 2.20. The van der Waals surface area contributed by atoms with Crippen LogP contribution in [0.5, 0.6) is 0 Å². The quantitative estimate of drug-likeness (QED) is 0.156. The summed E-state index contributed by atoms with van der Waals surface area (Å²) in [6.07, 6.45) is 0. The molecule has 37 heavy (non-hydrogen) atoms. The Morgan fingerprint density at radius 3 is 1.95 bits per heavy atom. The molecule has 1 aliphatic carbocycles. The second-order valence-electron chi connectivity index (χ2n) is 8.41. The molecule has 0 spiro atoms. The minimum absolute atomic E-state index is 0. The Labute approximate surface area is 237 Å². The van der Waals surface area contributed by atoms with Gasteiger partial charge in [-0.05, 0) is 48.9 Å². The Morgan fingerprint density at radius 1 is 0.757 bits per heavy atom. The number of nitrogens with two attached hydrogens (primary N) is 1. The van der Waals surface area contributed by atoms with Crippen LogP contribution in [0, 0.1) is 6.92 Å². The summed E-state index contributed by atoms with van der Waals surface area (Å²) in [5, 5.41) is 6.03. The van der Waals surface area contributed by atoms with Gasteiger partial charge in [-0.3, -0.25) is 14.1 Å². The monoisotopic (exact) mass is 523 g/mol. The van der Waals surface area contributed by atoms with Crippen LogP contribution in [-0.4, -0.2) is 24.5 Å². The number of ketones is 2. The minimum atomic E-state index is -4.60. The largest absolute Gasteiger partial charge is 1.00 e. The van der Waals surface area contributed by atoms with Crippen molar-refractivity contribution in [2.45, 2.75) is 11.8 Å². The number of hydrogen-bond donors (Lipinski definition) is 4. The zero-order valence-corrected chi connectivity index (χ0v) is 22.9. The summed E-state index contributed by atoms with van der Waals surface area (Å²) in [5.74, 6) is -0.725. The van der Waals surface area contributed by atoms with Gasteiger partial charge in [-0.1, -0.05) is 42.5 Å². The first-order valence-corrected chi connectivity index (χ1v) is 12.4. The van der Waals surface area contributed by atoms with Crippen molar-refractivity contribution in [2.75, 3.05) is 16.4 Å². The maximum absolute atomic E-state index is 13.4. The number of para-hydroxylation sites is 1. The van der Waals surface area contributed by atoms with Crippen molar-refractivity contribution in [3.05, 3.63) is 107 Å². The zero-order valence-electron chi connectivity index (χ0n) is 21.1. The molecule has 0 saturated carbocycles. The molecule has 1 aliphatic rings. The second kappa shape index (κ2) is 10.1. The summed E-state index contributed by atoms with van der Waals surface area (Å²) in [4.78, 5) is 26.3. The molecule has 8 nitrogen and oxygen atoms in total. The predicted molar refractivity (Wildman–Crippen MR) is 139 cm³/mol. The third kappa shape index (κ3) is 4.92. The number of benzene rings is 4. The average Bonchev–Trinajstić information content (AvgIpc) is 2.85. The van der Waals surface area contributed by atoms with Crippen molar-refractivity contribution in [2.24, 2.45) is 0 Å². The van der Waals surface area contributed by atoms with E-state index in [2.05, 4.69) is 10.6 Å². The molecule has 0 saturated heterocycles. The molecule has 5 rings (SSSR count). The van der Waals surface area contributed by atoms with Gasteiger partial charge in [-0.25, -0.2) is 0 Å². The van der Waals surface area contributed by atoms with Crippen LogP contribution < -0.4 is 45.9 Å². The van der Waals surface area contributed by atoms with E-state index in [4.69, 9.17) is 5.73 Å². The number of nitrogens with one attached hydrogen (secondary N) is 2. The first-order valence-electron chi connectivity index (χ1n) is 11.0. The molecule has 0 heterocycles. The number of anilines is 5. The van der Waals surface area contributed by atoms with E-state index >= 15 is 0 Å². The van der Waals surface area contributed by atoms with Crippen LogP contribution in [0.4, 0.5) is 28.4 Å². The van der Waals surface area contributed by atoms with E-state index in [9.17, 15) is 22.6 Å². The Kier molecular flexibility index (Phi) is 7.27. The Bertz CT molecular complexity index is 1680. The van der Waals surface area contributed by atoms with Crippen LogP contribution in [0.1, 0.15) is 38.8 Å². The smallest absolute Gasteiger partial charge is 1.00 e. The van der Waals surface area contributed by atoms with Crippen LogP contribution in [0.2, 0.25) is 0 Å². The Balaban J connectivity index is 0.00000200. The van der Waals surface area contributed by atoms with Gasteiger partial charge in [0.15, 0.2) is 11.6 Å². The van der Waals surface area contributed by atoms with Crippen molar-refractivity contribution in [1.82, 2.24) is 0 Å². The summed E-state index contributed by atoms with van der Waals surface area (Å²) in [7, 11) is -4.60. The van der Waals surface area contributed by atoms with E-state index in [1.54, 1.807) is 67.6 Å². The van der Waals surface area contributed by atoms with Gasteiger partial charge in [-0.15, -0.1) is 0 Å². The van der Waals surface area contributed by atoms with Gasteiger partial charge in [-0.2, -0.15) is 8.42 Å². The minimum Gasteiger partial charge on any atom is -1.00 e. The van der Waals surface area contributed by atoms with Crippen LogP contribution >= 0.6 is 0 Å². The third-order valence-electron chi connectivity index (χ3n) is 6.04. The molecule has 0 bridgehead atoms. The van der Waals surface area contributed by atoms with Gasteiger partial charge in [0.25, 0.3) is 10.1 Å². The maximum atomic E-state index is 13.4. The molecule has 0 fully saturated rings. The molecule has 4 aromatic rings. The Hall–Kier alpha value is -3.47. The van der Waals surface area contributed by atoms with Gasteiger partial charge < -0.3 is 17.8 Å². The van der Waals surface area contributed by atoms with Gasteiger partial charge in [0, 0.05) is 28.2 Å². The topological polar surface area (TPSA) is 139 Å². The van der Waals surface area contributed by atoms with Crippen molar-refractivity contribution < 1.29 is 53.5 Å². The molecule has 182 valence electrons. The molecule has 0 aromatic heterocycles. The summed E-state index contributed by atoms with van der Waals surface area (Å²) >= 11 is 0. The molecule has 0 radical (unpaired) electrons. The van der Waals surface area contributed by atoms with Crippen LogP contribution in [-0.2, 0) is 10.1 Å². The zero-order chi connectivity index (χ0) is 25.6. The maximum Gasteiger partial charge on any atom is 1.00 e. The number of hydrogen-bond acceptors (Lipinski definition) is 7. The molecule has 10 heteroatoms. The first kappa shape index (κ1) is 26.6. The van der Waals surface area contributed by atoms with E-state index in [-0.39, 0.29) is 86.8 Å². The van der Waals surface area contributed by atoms with Crippen LogP contribution in [0.3, 0.4) is 0 Å².